The number of benzene rings is 1. The number of hydrogen-bond acceptors (Lipinski definition) is 3. The lowest BCUT2D eigenvalue weighted by Crippen LogP contribution is -2.32. The summed E-state index contributed by atoms with van der Waals surface area (Å²) < 4.78 is 5.67. The fraction of sp³-hybridized carbons (Fsp3) is 0.667. The highest BCUT2D eigenvalue weighted by atomic mass is 32.2. The Morgan fingerprint density at radius 3 is 2.57 bits per heavy atom. The number of ether oxygens (including phenoxy) is 1. The molecule has 21 heavy (non-hydrogen) atoms. The zero-order valence-electron chi connectivity index (χ0n) is 13.1. The minimum absolute atomic E-state index is 0.158. The highest BCUT2D eigenvalue weighted by Gasteiger charge is 2.37. The Morgan fingerprint density at radius 1 is 1.24 bits per heavy atom. The van der Waals surface area contributed by atoms with E-state index in [-0.39, 0.29) is 5.41 Å². The Labute approximate surface area is 132 Å². The van der Waals surface area contributed by atoms with E-state index < -0.39 is 0 Å². The molecule has 0 spiro atoms. The third kappa shape index (κ3) is 2.95. The average Bonchev–Trinajstić information content (AvgIpc) is 3.05. The molecule has 1 aromatic rings. The van der Waals surface area contributed by atoms with Gasteiger partial charge in [-0.2, -0.15) is 11.8 Å². The maximum absolute atomic E-state index is 6.19. The molecule has 1 saturated heterocycles. The standard InChI is InChI=1S/C18H27NOS/c1-20-17-5-4-15(14-6-10-21-11-7-14)12-16(17)18(13-19)8-2-3-9-18/h4-5,12,14H,2-3,6-11,13,19H2,1H3. The Kier molecular flexibility index (Phi) is 4.80. The maximum Gasteiger partial charge on any atom is 0.122 e. The summed E-state index contributed by atoms with van der Waals surface area (Å²) in [7, 11) is 1.79. The molecule has 116 valence electrons. The van der Waals surface area contributed by atoms with Gasteiger partial charge in [0.15, 0.2) is 0 Å². The van der Waals surface area contributed by atoms with Crippen molar-refractivity contribution in [1.82, 2.24) is 0 Å². The SMILES string of the molecule is COc1ccc(C2CCSCC2)cc1C1(CN)CCCC1. The van der Waals surface area contributed by atoms with Crippen LogP contribution in [0.2, 0.25) is 0 Å². The Bertz CT molecular complexity index is 476. The predicted molar refractivity (Wildman–Crippen MR) is 91.5 cm³/mol. The summed E-state index contributed by atoms with van der Waals surface area (Å²) in [4.78, 5) is 0. The monoisotopic (exact) mass is 305 g/mol. The van der Waals surface area contributed by atoms with Gasteiger partial charge in [0.05, 0.1) is 7.11 Å². The molecule has 3 heteroatoms. The van der Waals surface area contributed by atoms with Crippen LogP contribution >= 0.6 is 11.8 Å². The van der Waals surface area contributed by atoms with Gasteiger partial charge >= 0.3 is 0 Å². The summed E-state index contributed by atoms with van der Waals surface area (Å²) in [6.07, 6.45) is 7.64. The van der Waals surface area contributed by atoms with Crippen LogP contribution in [0.25, 0.3) is 0 Å². The molecule has 1 aromatic carbocycles. The largest absolute Gasteiger partial charge is 0.496 e. The van der Waals surface area contributed by atoms with Gasteiger partial charge in [0.25, 0.3) is 0 Å². The van der Waals surface area contributed by atoms with E-state index in [2.05, 4.69) is 30.0 Å². The number of nitrogens with two attached hydrogens (primary N) is 1. The average molecular weight is 305 g/mol. The van der Waals surface area contributed by atoms with Crippen LogP contribution in [-0.2, 0) is 5.41 Å². The summed E-state index contributed by atoms with van der Waals surface area (Å²) in [6.45, 7) is 0.743. The van der Waals surface area contributed by atoms with Crippen LogP contribution in [-0.4, -0.2) is 25.2 Å². The van der Waals surface area contributed by atoms with Gasteiger partial charge < -0.3 is 10.5 Å². The maximum atomic E-state index is 6.19. The fourth-order valence-electron chi connectivity index (χ4n) is 4.06. The van der Waals surface area contributed by atoms with Gasteiger partial charge in [-0.15, -0.1) is 0 Å². The second-order valence-electron chi connectivity index (χ2n) is 6.54. The number of rotatable bonds is 4. The molecule has 2 fully saturated rings. The van der Waals surface area contributed by atoms with Crippen LogP contribution in [0, 0.1) is 0 Å². The van der Waals surface area contributed by atoms with Gasteiger partial charge in [-0.05, 0) is 54.7 Å². The van der Waals surface area contributed by atoms with E-state index in [0.29, 0.717) is 0 Å². The summed E-state index contributed by atoms with van der Waals surface area (Å²) >= 11 is 2.09. The lowest BCUT2D eigenvalue weighted by Gasteiger charge is -2.31. The van der Waals surface area contributed by atoms with Gasteiger partial charge in [0.1, 0.15) is 5.75 Å². The zero-order chi connectivity index (χ0) is 14.7. The molecule has 2 aliphatic rings. The lowest BCUT2D eigenvalue weighted by atomic mass is 9.76. The van der Waals surface area contributed by atoms with Gasteiger partial charge in [0.2, 0.25) is 0 Å². The van der Waals surface area contributed by atoms with Crippen LogP contribution in [0.5, 0.6) is 5.75 Å². The fourth-order valence-corrected chi connectivity index (χ4v) is 5.17. The van der Waals surface area contributed by atoms with E-state index in [0.717, 1.165) is 18.2 Å². The molecule has 0 unspecified atom stereocenters. The Balaban J connectivity index is 1.96. The molecule has 1 aliphatic carbocycles. The molecule has 1 heterocycles. The Morgan fingerprint density at radius 2 is 1.95 bits per heavy atom. The van der Waals surface area contributed by atoms with Gasteiger partial charge in [-0.1, -0.05) is 25.0 Å². The molecule has 0 amide bonds. The molecule has 0 atom stereocenters. The summed E-state index contributed by atoms with van der Waals surface area (Å²) in [5.41, 5.74) is 9.23. The first-order chi connectivity index (χ1) is 10.3. The third-order valence-corrected chi connectivity index (χ3v) is 6.49. The first-order valence-corrected chi connectivity index (χ1v) is 9.41. The van der Waals surface area contributed by atoms with Crippen LogP contribution in [0.15, 0.2) is 18.2 Å². The topological polar surface area (TPSA) is 35.2 Å². The van der Waals surface area contributed by atoms with Gasteiger partial charge in [-0.3, -0.25) is 0 Å². The van der Waals surface area contributed by atoms with E-state index in [1.807, 2.05) is 0 Å². The van der Waals surface area contributed by atoms with Crippen molar-refractivity contribution in [1.29, 1.82) is 0 Å². The first-order valence-electron chi connectivity index (χ1n) is 8.25. The predicted octanol–water partition coefficient (Wildman–Crippen LogP) is 4.08. The summed E-state index contributed by atoms with van der Waals surface area (Å²) in [6, 6.07) is 6.89. The van der Waals surface area contributed by atoms with Gasteiger partial charge in [0, 0.05) is 17.5 Å². The zero-order valence-corrected chi connectivity index (χ0v) is 13.9. The first kappa shape index (κ1) is 15.2. The van der Waals surface area contributed by atoms with E-state index in [4.69, 9.17) is 10.5 Å². The normalized spacial score (nSPS) is 22.4. The molecule has 1 aliphatic heterocycles. The van der Waals surface area contributed by atoms with Gasteiger partial charge in [-0.25, -0.2) is 0 Å². The molecule has 3 rings (SSSR count). The molecule has 2 nitrogen and oxygen atoms in total. The van der Waals surface area contributed by atoms with Crippen molar-refractivity contribution in [3.8, 4) is 5.75 Å². The molecule has 0 radical (unpaired) electrons. The van der Waals surface area contributed by atoms with E-state index >= 15 is 0 Å². The van der Waals surface area contributed by atoms with Crippen molar-refractivity contribution >= 4 is 11.8 Å². The highest BCUT2D eigenvalue weighted by Crippen LogP contribution is 2.45. The minimum Gasteiger partial charge on any atom is -0.496 e. The molecule has 1 saturated carbocycles. The van der Waals surface area contributed by atoms with Crippen molar-refractivity contribution < 1.29 is 4.74 Å². The molecule has 2 N–H and O–H groups in total. The molecular formula is C18H27NOS. The quantitative estimate of drug-likeness (QED) is 0.910. The van der Waals surface area contributed by atoms with Crippen molar-refractivity contribution in [2.45, 2.75) is 49.9 Å². The van der Waals surface area contributed by atoms with E-state index in [9.17, 15) is 0 Å². The molecular weight excluding hydrogens is 278 g/mol. The third-order valence-electron chi connectivity index (χ3n) is 5.44. The van der Waals surface area contributed by atoms with Crippen molar-refractivity contribution in [3.63, 3.8) is 0 Å². The number of thioether (sulfide) groups is 1. The van der Waals surface area contributed by atoms with Crippen LogP contribution in [0.1, 0.15) is 55.6 Å². The van der Waals surface area contributed by atoms with Crippen LogP contribution in [0.4, 0.5) is 0 Å². The molecule has 0 bridgehead atoms. The summed E-state index contributed by atoms with van der Waals surface area (Å²) in [5.74, 6) is 4.37. The lowest BCUT2D eigenvalue weighted by molar-refractivity contribution is 0.377. The van der Waals surface area contributed by atoms with E-state index in [1.165, 1.54) is 61.2 Å². The van der Waals surface area contributed by atoms with E-state index in [1.54, 1.807) is 7.11 Å². The van der Waals surface area contributed by atoms with Crippen molar-refractivity contribution in [3.05, 3.63) is 29.3 Å². The van der Waals surface area contributed by atoms with Crippen molar-refractivity contribution in [2.24, 2.45) is 5.73 Å². The number of methoxy groups -OCH3 is 1. The Hall–Kier alpha value is -0.670. The van der Waals surface area contributed by atoms with Crippen molar-refractivity contribution in [2.75, 3.05) is 25.2 Å². The second-order valence-corrected chi connectivity index (χ2v) is 7.76. The highest BCUT2D eigenvalue weighted by molar-refractivity contribution is 7.99. The smallest absolute Gasteiger partial charge is 0.122 e. The number of hydrogen-bond donors (Lipinski definition) is 1. The molecule has 0 aromatic heterocycles. The van der Waals surface area contributed by atoms with Crippen LogP contribution < -0.4 is 10.5 Å². The second kappa shape index (κ2) is 6.62. The van der Waals surface area contributed by atoms with Crippen LogP contribution in [0.3, 0.4) is 0 Å². The summed E-state index contributed by atoms with van der Waals surface area (Å²) in [5, 5.41) is 0. The minimum atomic E-state index is 0.158.